The number of fused-ring (bicyclic) bond motifs is 2. The molecule has 1 aliphatic heterocycles. The molecule has 6 N–H and O–H groups in total. The monoisotopic (exact) mass is 526 g/mol. The highest BCUT2D eigenvalue weighted by Crippen LogP contribution is 2.35. The van der Waals surface area contributed by atoms with Gasteiger partial charge in [-0.05, 0) is 54.7 Å². The van der Waals surface area contributed by atoms with E-state index in [4.69, 9.17) is 20.6 Å². The van der Waals surface area contributed by atoms with E-state index in [1.54, 1.807) is 32.0 Å². The van der Waals surface area contributed by atoms with Crippen LogP contribution in [0.1, 0.15) is 53.0 Å². The number of anilines is 1. The molecule has 3 rings (SSSR count). The van der Waals surface area contributed by atoms with Crippen molar-refractivity contribution >= 4 is 35.5 Å². The number of rotatable bonds is 8. The van der Waals surface area contributed by atoms with Gasteiger partial charge in [0.1, 0.15) is 6.04 Å². The Hall–Kier alpha value is -4.61. The summed E-state index contributed by atoms with van der Waals surface area (Å²) < 4.78 is 11.5. The molecule has 0 fully saturated rings. The van der Waals surface area contributed by atoms with Crippen LogP contribution >= 0.6 is 0 Å². The van der Waals surface area contributed by atoms with Crippen LogP contribution in [0, 0.1) is 11.3 Å². The van der Waals surface area contributed by atoms with Gasteiger partial charge in [0.25, 0.3) is 5.91 Å². The first-order valence-corrected chi connectivity index (χ1v) is 12.0. The summed E-state index contributed by atoms with van der Waals surface area (Å²) in [6, 6.07) is 7.56. The molecule has 1 heterocycles. The van der Waals surface area contributed by atoms with Gasteiger partial charge in [-0.25, -0.2) is 9.59 Å². The Morgan fingerprint density at radius 1 is 1.18 bits per heavy atom. The fourth-order valence-electron chi connectivity index (χ4n) is 4.13. The summed E-state index contributed by atoms with van der Waals surface area (Å²) in [5.74, 6) is -4.73. The zero-order valence-corrected chi connectivity index (χ0v) is 21.0. The molecule has 0 aliphatic carbocycles. The van der Waals surface area contributed by atoms with Crippen molar-refractivity contribution in [1.29, 1.82) is 5.41 Å². The zero-order valence-electron chi connectivity index (χ0n) is 21.0. The number of carboxylic acid groups (broad SMARTS) is 2. The van der Waals surface area contributed by atoms with E-state index >= 15 is 0 Å². The van der Waals surface area contributed by atoms with Crippen LogP contribution in [0.15, 0.2) is 36.4 Å². The van der Waals surface area contributed by atoms with E-state index in [9.17, 15) is 29.4 Å². The number of carbonyl (C=O) groups excluding carboxylic acids is 2. The Labute approximate surface area is 218 Å². The van der Waals surface area contributed by atoms with Gasteiger partial charge in [-0.1, -0.05) is 19.9 Å². The van der Waals surface area contributed by atoms with Gasteiger partial charge in [0.15, 0.2) is 17.5 Å². The first-order chi connectivity index (χ1) is 18.0. The van der Waals surface area contributed by atoms with Crippen LogP contribution in [0.25, 0.3) is 0 Å². The average molecular weight is 527 g/mol. The number of benzene rings is 2. The number of nitrogens with two attached hydrogens (primary N) is 1. The molecule has 1 atom stereocenters. The van der Waals surface area contributed by atoms with Crippen molar-refractivity contribution in [2.75, 3.05) is 18.5 Å². The number of ether oxygens (including phenoxy) is 2. The number of esters is 1. The summed E-state index contributed by atoms with van der Waals surface area (Å²) >= 11 is 0. The van der Waals surface area contributed by atoms with Crippen molar-refractivity contribution in [2.45, 2.75) is 39.2 Å². The number of aryl methyl sites for hydroxylation is 1. The molecule has 1 aliphatic rings. The second-order valence-corrected chi connectivity index (χ2v) is 9.19. The van der Waals surface area contributed by atoms with Crippen molar-refractivity contribution < 1.29 is 38.9 Å². The van der Waals surface area contributed by atoms with E-state index in [0.717, 1.165) is 4.90 Å². The van der Waals surface area contributed by atoms with Gasteiger partial charge >= 0.3 is 17.9 Å². The summed E-state index contributed by atoms with van der Waals surface area (Å²) in [5, 5.41) is 29.0. The molecule has 0 radical (unpaired) electrons. The quantitative estimate of drug-likeness (QED) is 0.148. The molecule has 38 heavy (non-hydrogen) atoms. The fraction of sp³-hybridized carbons (Fsp3) is 0.346. The predicted octanol–water partition coefficient (Wildman–Crippen LogP) is 2.56. The largest absolute Gasteiger partial charge is 0.489 e. The van der Waals surface area contributed by atoms with Crippen molar-refractivity contribution in [3.8, 4) is 11.5 Å². The number of hydrogen-bond acceptors (Lipinski definition) is 7. The van der Waals surface area contributed by atoms with Crippen LogP contribution in [-0.2, 0) is 16.0 Å². The van der Waals surface area contributed by atoms with Gasteiger partial charge in [0, 0.05) is 12.2 Å². The lowest BCUT2D eigenvalue weighted by Gasteiger charge is -2.30. The molecule has 0 saturated heterocycles. The van der Waals surface area contributed by atoms with E-state index in [1.807, 2.05) is 0 Å². The number of hydrogen-bond donors (Lipinski definition) is 5. The third kappa shape index (κ3) is 6.78. The zero-order chi connectivity index (χ0) is 28.0. The maximum absolute atomic E-state index is 13.7. The third-order valence-corrected chi connectivity index (χ3v) is 5.70. The smallest absolute Gasteiger partial charge is 0.343 e. The van der Waals surface area contributed by atoms with E-state index in [0.29, 0.717) is 24.1 Å². The van der Waals surface area contributed by atoms with E-state index in [-0.39, 0.29) is 47.7 Å². The molecule has 0 aromatic heterocycles. The number of carbonyl (C=O) groups is 4. The first-order valence-electron chi connectivity index (χ1n) is 12.0. The van der Waals surface area contributed by atoms with E-state index < -0.39 is 36.3 Å². The number of nitrogens with one attached hydrogen (secondary N) is 2. The van der Waals surface area contributed by atoms with E-state index in [1.165, 1.54) is 18.2 Å². The normalized spacial score (nSPS) is 13.7. The molecular weight excluding hydrogens is 496 g/mol. The molecule has 12 heteroatoms. The fourth-order valence-corrected chi connectivity index (χ4v) is 4.13. The molecular formula is C26H30N4O8. The van der Waals surface area contributed by atoms with Gasteiger partial charge in [-0.15, -0.1) is 0 Å². The van der Waals surface area contributed by atoms with Crippen molar-refractivity contribution in [2.24, 2.45) is 11.7 Å². The summed E-state index contributed by atoms with van der Waals surface area (Å²) in [7, 11) is 0. The minimum Gasteiger partial charge on any atom is -0.489 e. The number of nitrogens with zero attached hydrogens (tertiary/aromatic N) is 1. The minimum atomic E-state index is -1.61. The summed E-state index contributed by atoms with van der Waals surface area (Å²) in [6.07, 6.45) is 0.0939. The van der Waals surface area contributed by atoms with Gasteiger partial charge in [-0.2, -0.15) is 0 Å². The highest BCUT2D eigenvalue weighted by atomic mass is 16.6. The highest BCUT2D eigenvalue weighted by molar-refractivity contribution is 6.01. The maximum Gasteiger partial charge on any atom is 0.343 e. The Morgan fingerprint density at radius 3 is 2.55 bits per heavy atom. The lowest BCUT2D eigenvalue weighted by atomic mass is 10.0. The second kappa shape index (κ2) is 12.1. The van der Waals surface area contributed by atoms with Crippen LogP contribution in [0.4, 0.5) is 5.69 Å². The predicted molar refractivity (Wildman–Crippen MR) is 137 cm³/mol. The SMILES string of the molecule is CC(C)CN(C(=O)c1cccc2c1OCCCc1cc(NC(=N)N)ccc1C(=O)O2)[C@@H](CC(=O)O)C(=O)O. The van der Waals surface area contributed by atoms with Crippen molar-refractivity contribution in [1.82, 2.24) is 4.90 Å². The molecule has 12 nitrogen and oxygen atoms in total. The third-order valence-electron chi connectivity index (χ3n) is 5.70. The van der Waals surface area contributed by atoms with E-state index in [2.05, 4.69) is 5.32 Å². The van der Waals surface area contributed by atoms with Gasteiger partial charge < -0.3 is 35.6 Å². The summed E-state index contributed by atoms with van der Waals surface area (Å²) in [6.45, 7) is 3.67. The Morgan fingerprint density at radius 2 is 1.92 bits per heavy atom. The molecule has 202 valence electrons. The topological polar surface area (TPSA) is 192 Å². The summed E-state index contributed by atoms with van der Waals surface area (Å²) in [5.41, 5.74) is 6.83. The van der Waals surface area contributed by atoms with Gasteiger partial charge in [0.2, 0.25) is 0 Å². The van der Waals surface area contributed by atoms with Crippen LogP contribution in [0.2, 0.25) is 0 Å². The molecule has 0 saturated carbocycles. The summed E-state index contributed by atoms with van der Waals surface area (Å²) in [4.78, 5) is 51.0. The van der Waals surface area contributed by atoms with Gasteiger partial charge in [-0.3, -0.25) is 15.0 Å². The molecule has 2 aromatic rings. The molecule has 2 aromatic carbocycles. The maximum atomic E-state index is 13.7. The Bertz CT molecular complexity index is 1260. The number of aliphatic carboxylic acids is 2. The number of guanidine groups is 1. The van der Waals surface area contributed by atoms with Gasteiger partial charge in [0.05, 0.1) is 24.2 Å². The first kappa shape index (κ1) is 28.0. The lowest BCUT2D eigenvalue weighted by Crippen LogP contribution is -2.48. The number of amides is 1. The molecule has 0 unspecified atom stereocenters. The Balaban J connectivity index is 2.01. The Kier molecular flexibility index (Phi) is 8.89. The molecule has 0 spiro atoms. The average Bonchev–Trinajstić information content (AvgIpc) is 2.83. The van der Waals surface area contributed by atoms with Crippen LogP contribution < -0.4 is 20.5 Å². The van der Waals surface area contributed by atoms with Crippen LogP contribution in [0.5, 0.6) is 11.5 Å². The van der Waals surface area contributed by atoms with Crippen LogP contribution in [0.3, 0.4) is 0 Å². The molecule has 0 bridgehead atoms. The lowest BCUT2D eigenvalue weighted by molar-refractivity contribution is -0.148. The molecule has 1 amide bonds. The van der Waals surface area contributed by atoms with Crippen molar-refractivity contribution in [3.63, 3.8) is 0 Å². The van der Waals surface area contributed by atoms with Crippen molar-refractivity contribution in [3.05, 3.63) is 53.1 Å². The van der Waals surface area contributed by atoms with Crippen LogP contribution in [-0.4, -0.2) is 64.1 Å². The number of carboxylic acids is 2. The highest BCUT2D eigenvalue weighted by Gasteiger charge is 2.35. The standard InChI is InChI=1S/C26H30N4O8/c1-14(2)13-30(19(24(34)35)12-21(31)32)23(33)18-6-3-7-20-22(18)37-10-4-5-15-11-16(29-26(27)28)8-9-17(15)25(36)38-20/h3,6-9,11,14,19H,4-5,10,12-13H2,1-2H3,(H,31,32)(H,34,35)(H4,27,28,29)/t19-/m0/s1. The minimum absolute atomic E-state index is 0.0173. The second-order valence-electron chi connectivity index (χ2n) is 9.19. The number of para-hydroxylation sites is 1.